The van der Waals surface area contributed by atoms with Gasteiger partial charge in [-0.1, -0.05) is 12.5 Å². The molecule has 1 aliphatic rings. The van der Waals surface area contributed by atoms with Crippen LogP contribution in [0.5, 0.6) is 0 Å². The zero-order valence-corrected chi connectivity index (χ0v) is 9.69. The van der Waals surface area contributed by atoms with Crippen LogP contribution in [0.2, 0.25) is 0 Å². The first-order valence-corrected chi connectivity index (χ1v) is 5.73. The number of hydrogen-bond donors (Lipinski definition) is 2. The number of carbonyl (C=O) groups is 2. The second-order valence-electron chi connectivity index (χ2n) is 4.45. The molecule has 0 aliphatic heterocycles. The van der Waals surface area contributed by atoms with Crippen molar-refractivity contribution >= 4 is 17.6 Å². The fraction of sp³-hybridized carbons (Fsp3) is 0.385. The number of carboxylic acids is 1. The van der Waals surface area contributed by atoms with Crippen molar-refractivity contribution in [1.29, 1.82) is 0 Å². The molecule has 17 heavy (non-hydrogen) atoms. The van der Waals surface area contributed by atoms with E-state index in [1.54, 1.807) is 19.1 Å². The number of aromatic carboxylic acids is 1. The average molecular weight is 233 g/mol. The second-order valence-corrected chi connectivity index (χ2v) is 4.45. The lowest BCUT2D eigenvalue weighted by Crippen LogP contribution is -2.28. The highest BCUT2D eigenvalue weighted by atomic mass is 16.4. The van der Waals surface area contributed by atoms with Crippen LogP contribution in [0.3, 0.4) is 0 Å². The van der Waals surface area contributed by atoms with Crippen LogP contribution in [-0.4, -0.2) is 17.0 Å². The van der Waals surface area contributed by atoms with Crippen LogP contribution in [0.1, 0.15) is 35.2 Å². The minimum Gasteiger partial charge on any atom is -0.478 e. The van der Waals surface area contributed by atoms with Gasteiger partial charge in [-0.2, -0.15) is 0 Å². The van der Waals surface area contributed by atoms with Crippen molar-refractivity contribution in [3.63, 3.8) is 0 Å². The van der Waals surface area contributed by atoms with Crippen molar-refractivity contribution in [2.45, 2.75) is 26.2 Å². The minimum absolute atomic E-state index is 0.00329. The summed E-state index contributed by atoms with van der Waals surface area (Å²) in [6, 6.07) is 4.95. The van der Waals surface area contributed by atoms with E-state index < -0.39 is 5.97 Å². The van der Waals surface area contributed by atoms with E-state index in [0.29, 0.717) is 11.3 Å². The SMILES string of the molecule is Cc1ccc(NC(=O)C2CCC2)cc1C(=O)O. The van der Waals surface area contributed by atoms with E-state index in [2.05, 4.69) is 5.32 Å². The van der Waals surface area contributed by atoms with Crippen molar-refractivity contribution in [3.05, 3.63) is 29.3 Å². The molecular formula is C13H15NO3. The maximum atomic E-state index is 11.7. The van der Waals surface area contributed by atoms with Crippen LogP contribution >= 0.6 is 0 Å². The standard InChI is InChI=1S/C13H15NO3/c1-8-5-6-10(7-11(8)13(16)17)14-12(15)9-3-2-4-9/h5-7,9H,2-4H2,1H3,(H,14,15)(H,16,17). The molecule has 0 spiro atoms. The van der Waals surface area contributed by atoms with Crippen LogP contribution in [-0.2, 0) is 4.79 Å². The molecule has 0 unspecified atom stereocenters. The summed E-state index contributed by atoms with van der Waals surface area (Å²) in [6.45, 7) is 1.74. The normalized spacial score (nSPS) is 15.1. The lowest BCUT2D eigenvalue weighted by Gasteiger charge is -2.24. The van der Waals surface area contributed by atoms with Crippen molar-refractivity contribution in [2.24, 2.45) is 5.92 Å². The number of anilines is 1. The van der Waals surface area contributed by atoms with Crippen LogP contribution in [0.25, 0.3) is 0 Å². The third-order valence-corrected chi connectivity index (χ3v) is 3.21. The Kier molecular flexibility index (Phi) is 3.13. The van der Waals surface area contributed by atoms with Crippen molar-refractivity contribution < 1.29 is 14.7 Å². The Morgan fingerprint density at radius 3 is 2.59 bits per heavy atom. The summed E-state index contributed by atoms with van der Waals surface area (Å²) < 4.78 is 0. The molecule has 0 heterocycles. The van der Waals surface area contributed by atoms with Crippen LogP contribution in [0.15, 0.2) is 18.2 Å². The van der Waals surface area contributed by atoms with Gasteiger partial charge in [-0.05, 0) is 37.5 Å². The van der Waals surface area contributed by atoms with E-state index in [1.807, 2.05) is 0 Å². The predicted molar refractivity (Wildman–Crippen MR) is 64.1 cm³/mol. The summed E-state index contributed by atoms with van der Waals surface area (Å²) >= 11 is 0. The van der Waals surface area contributed by atoms with E-state index in [0.717, 1.165) is 19.3 Å². The number of nitrogens with one attached hydrogen (secondary N) is 1. The molecule has 0 saturated heterocycles. The predicted octanol–water partition coefficient (Wildman–Crippen LogP) is 2.43. The molecule has 1 amide bonds. The molecule has 1 aromatic carbocycles. The maximum Gasteiger partial charge on any atom is 0.336 e. The third-order valence-electron chi connectivity index (χ3n) is 3.21. The number of amides is 1. The van der Waals surface area contributed by atoms with Gasteiger partial charge in [-0.3, -0.25) is 4.79 Å². The van der Waals surface area contributed by atoms with Crippen molar-refractivity contribution in [3.8, 4) is 0 Å². The van der Waals surface area contributed by atoms with Gasteiger partial charge in [0.2, 0.25) is 5.91 Å². The van der Waals surface area contributed by atoms with E-state index in [9.17, 15) is 9.59 Å². The molecule has 1 saturated carbocycles. The van der Waals surface area contributed by atoms with E-state index in [1.165, 1.54) is 6.07 Å². The zero-order valence-electron chi connectivity index (χ0n) is 9.69. The van der Waals surface area contributed by atoms with Gasteiger partial charge in [0, 0.05) is 11.6 Å². The maximum absolute atomic E-state index is 11.7. The second kappa shape index (κ2) is 4.57. The summed E-state index contributed by atoms with van der Waals surface area (Å²) in [4.78, 5) is 22.7. The van der Waals surface area contributed by atoms with Crippen LogP contribution in [0, 0.1) is 12.8 Å². The molecule has 4 heteroatoms. The third kappa shape index (κ3) is 2.46. The quantitative estimate of drug-likeness (QED) is 0.842. The van der Waals surface area contributed by atoms with Crippen LogP contribution in [0.4, 0.5) is 5.69 Å². The molecule has 90 valence electrons. The topological polar surface area (TPSA) is 66.4 Å². The molecule has 1 aromatic rings. The summed E-state index contributed by atoms with van der Waals surface area (Å²) in [6.07, 6.45) is 2.97. The number of carbonyl (C=O) groups excluding carboxylic acids is 1. The van der Waals surface area contributed by atoms with Gasteiger partial charge in [0.15, 0.2) is 0 Å². The Bertz CT molecular complexity index is 464. The molecule has 4 nitrogen and oxygen atoms in total. The highest BCUT2D eigenvalue weighted by Crippen LogP contribution is 2.27. The van der Waals surface area contributed by atoms with Gasteiger partial charge in [0.25, 0.3) is 0 Å². The number of aryl methyl sites for hydroxylation is 1. The highest BCUT2D eigenvalue weighted by Gasteiger charge is 2.25. The summed E-state index contributed by atoms with van der Waals surface area (Å²) in [7, 11) is 0. The zero-order chi connectivity index (χ0) is 12.4. The molecule has 1 aliphatic carbocycles. The smallest absolute Gasteiger partial charge is 0.336 e. The molecule has 0 radical (unpaired) electrons. The summed E-state index contributed by atoms with van der Waals surface area (Å²) in [5.74, 6) is -0.872. The van der Waals surface area contributed by atoms with Crippen LogP contribution < -0.4 is 5.32 Å². The first kappa shape index (κ1) is 11.6. The van der Waals surface area contributed by atoms with Gasteiger partial charge >= 0.3 is 5.97 Å². The van der Waals surface area contributed by atoms with Crippen molar-refractivity contribution in [2.75, 3.05) is 5.32 Å². The fourth-order valence-corrected chi connectivity index (χ4v) is 1.84. The molecule has 0 aromatic heterocycles. The minimum atomic E-state index is -0.970. The van der Waals surface area contributed by atoms with Gasteiger partial charge in [0.05, 0.1) is 5.56 Å². The number of carboxylic acid groups (broad SMARTS) is 1. The van der Waals surface area contributed by atoms with E-state index in [-0.39, 0.29) is 17.4 Å². The van der Waals surface area contributed by atoms with E-state index in [4.69, 9.17) is 5.11 Å². The van der Waals surface area contributed by atoms with Gasteiger partial charge in [-0.25, -0.2) is 4.79 Å². The molecule has 0 bridgehead atoms. The Hall–Kier alpha value is -1.84. The highest BCUT2D eigenvalue weighted by molar-refractivity contribution is 5.95. The fourth-order valence-electron chi connectivity index (χ4n) is 1.84. The largest absolute Gasteiger partial charge is 0.478 e. The Labute approximate surface area is 99.6 Å². The molecule has 2 rings (SSSR count). The average Bonchev–Trinajstić information content (AvgIpc) is 2.17. The summed E-state index contributed by atoms with van der Waals surface area (Å²) in [5, 5.41) is 11.7. The monoisotopic (exact) mass is 233 g/mol. The van der Waals surface area contributed by atoms with E-state index >= 15 is 0 Å². The lowest BCUT2D eigenvalue weighted by atomic mass is 9.85. The molecule has 2 N–H and O–H groups in total. The Morgan fingerprint density at radius 2 is 2.06 bits per heavy atom. The van der Waals surface area contributed by atoms with Crippen molar-refractivity contribution in [1.82, 2.24) is 0 Å². The Balaban J connectivity index is 2.13. The van der Waals surface area contributed by atoms with Gasteiger partial charge < -0.3 is 10.4 Å². The first-order valence-electron chi connectivity index (χ1n) is 5.73. The first-order chi connectivity index (χ1) is 8.08. The lowest BCUT2D eigenvalue weighted by molar-refractivity contribution is -0.122. The molecular weight excluding hydrogens is 218 g/mol. The number of rotatable bonds is 3. The van der Waals surface area contributed by atoms with Gasteiger partial charge in [-0.15, -0.1) is 0 Å². The summed E-state index contributed by atoms with van der Waals surface area (Å²) in [5.41, 5.74) is 1.49. The molecule has 1 fully saturated rings. The Morgan fingerprint density at radius 1 is 1.35 bits per heavy atom. The number of hydrogen-bond acceptors (Lipinski definition) is 2. The molecule has 0 atom stereocenters. The number of benzene rings is 1. The van der Waals surface area contributed by atoms with Gasteiger partial charge in [0.1, 0.15) is 0 Å².